The Hall–Kier alpha value is -4.19. The molecule has 0 unspecified atom stereocenters. The van der Waals surface area contributed by atoms with E-state index in [2.05, 4.69) is 4.90 Å². The number of Topliss-reactive ketones (excluding diaryl/α,β-unsaturated/α-hetero) is 1. The fourth-order valence-corrected chi connectivity index (χ4v) is 3.86. The molecule has 1 saturated heterocycles. The number of hydrogen-bond donors (Lipinski definition) is 2. The summed E-state index contributed by atoms with van der Waals surface area (Å²) < 4.78 is 10.2. The smallest absolute Gasteiger partial charge is 0.188 e. The second-order valence-electron chi connectivity index (χ2n) is 7.72. The molecular weight excluding hydrogens is 418 g/mol. The zero-order valence-electron chi connectivity index (χ0n) is 18.5. The Morgan fingerprint density at radius 3 is 1.67 bits per heavy atom. The van der Waals surface area contributed by atoms with E-state index in [-0.39, 0.29) is 17.3 Å². The number of nitrogens with zero attached hydrogens (tertiary/aromatic N) is 1. The van der Waals surface area contributed by atoms with Crippen LogP contribution in [0.3, 0.4) is 0 Å². The second-order valence-corrected chi connectivity index (χ2v) is 7.72. The molecule has 2 N–H and O–H groups in total. The van der Waals surface area contributed by atoms with Gasteiger partial charge in [0.15, 0.2) is 28.8 Å². The van der Waals surface area contributed by atoms with Gasteiger partial charge in [-0.1, -0.05) is 30.3 Å². The summed E-state index contributed by atoms with van der Waals surface area (Å²) in [6.45, 7) is 0.863. The molecule has 3 aromatic carbocycles. The number of carbonyl (C=O) groups excluding carboxylic acids is 1. The van der Waals surface area contributed by atoms with Crippen LogP contribution in [0.25, 0.3) is 12.2 Å². The molecule has 0 aliphatic carbocycles. The number of phenols is 2. The minimum absolute atomic E-state index is 0.0134. The van der Waals surface area contributed by atoms with Crippen molar-refractivity contribution in [2.24, 2.45) is 0 Å². The third kappa shape index (κ3) is 4.85. The molecule has 4 rings (SSSR count). The average Bonchev–Trinajstić information content (AvgIpc) is 2.82. The summed E-state index contributed by atoms with van der Waals surface area (Å²) in [5.41, 5.74) is 3.59. The lowest BCUT2D eigenvalue weighted by molar-refractivity contribution is -0.112. The highest BCUT2D eigenvalue weighted by atomic mass is 16.5. The normalized spacial score (nSPS) is 16.3. The molecular formula is C27H25NO5. The highest BCUT2D eigenvalue weighted by Crippen LogP contribution is 2.31. The van der Waals surface area contributed by atoms with Crippen LogP contribution in [0.15, 0.2) is 77.9 Å². The van der Waals surface area contributed by atoms with Crippen molar-refractivity contribution in [3.8, 4) is 23.0 Å². The molecule has 0 spiro atoms. The molecule has 0 bridgehead atoms. The summed E-state index contributed by atoms with van der Waals surface area (Å²) in [4.78, 5) is 15.5. The third-order valence-corrected chi connectivity index (χ3v) is 5.51. The van der Waals surface area contributed by atoms with Crippen LogP contribution in [-0.2, 0) is 4.79 Å². The van der Waals surface area contributed by atoms with Gasteiger partial charge in [-0.2, -0.15) is 0 Å². The molecule has 0 atom stereocenters. The maximum absolute atomic E-state index is 13.4. The van der Waals surface area contributed by atoms with Crippen molar-refractivity contribution in [3.63, 3.8) is 0 Å². The SMILES string of the molecule is COc1ccc(/C=C2\CN(c3ccccc3)C/C(=C\c3ccc(OC)c(O)c3)C2=O)cc1O. The van der Waals surface area contributed by atoms with E-state index in [0.717, 1.165) is 5.69 Å². The first-order chi connectivity index (χ1) is 16.0. The summed E-state index contributed by atoms with van der Waals surface area (Å²) in [7, 11) is 2.98. The summed E-state index contributed by atoms with van der Waals surface area (Å²) in [5, 5.41) is 20.3. The van der Waals surface area contributed by atoms with E-state index in [1.807, 2.05) is 30.3 Å². The fourth-order valence-electron chi connectivity index (χ4n) is 3.86. The molecule has 1 aliphatic heterocycles. The number of phenolic OH excluding ortho intramolecular Hbond substituents is 2. The lowest BCUT2D eigenvalue weighted by Gasteiger charge is -2.31. The van der Waals surface area contributed by atoms with Crippen molar-refractivity contribution in [1.29, 1.82) is 0 Å². The van der Waals surface area contributed by atoms with Gasteiger partial charge < -0.3 is 24.6 Å². The number of ketones is 1. The van der Waals surface area contributed by atoms with E-state index in [0.29, 0.717) is 46.9 Å². The van der Waals surface area contributed by atoms with Gasteiger partial charge in [0, 0.05) is 29.9 Å². The number of benzene rings is 3. The number of aromatic hydroxyl groups is 2. The van der Waals surface area contributed by atoms with Crippen molar-refractivity contribution in [1.82, 2.24) is 0 Å². The topological polar surface area (TPSA) is 79.2 Å². The minimum atomic E-state index is -0.0761. The molecule has 0 aromatic heterocycles. The summed E-state index contributed by atoms with van der Waals surface area (Å²) in [6, 6.07) is 20.0. The lowest BCUT2D eigenvalue weighted by Crippen LogP contribution is -2.37. The van der Waals surface area contributed by atoms with Crippen molar-refractivity contribution in [2.75, 3.05) is 32.2 Å². The number of hydrogen-bond acceptors (Lipinski definition) is 6. The average molecular weight is 443 g/mol. The Morgan fingerprint density at radius 2 is 1.24 bits per heavy atom. The van der Waals surface area contributed by atoms with Gasteiger partial charge in [-0.15, -0.1) is 0 Å². The van der Waals surface area contributed by atoms with Crippen molar-refractivity contribution >= 4 is 23.6 Å². The molecule has 0 amide bonds. The molecule has 0 radical (unpaired) electrons. The van der Waals surface area contributed by atoms with Crippen molar-refractivity contribution in [3.05, 3.63) is 89.0 Å². The van der Waals surface area contributed by atoms with Crippen LogP contribution in [0.5, 0.6) is 23.0 Å². The van der Waals surface area contributed by atoms with Gasteiger partial charge in [0.2, 0.25) is 0 Å². The molecule has 1 heterocycles. The Kier molecular flexibility index (Phi) is 6.36. The lowest BCUT2D eigenvalue weighted by atomic mass is 9.93. The molecule has 33 heavy (non-hydrogen) atoms. The number of methoxy groups -OCH3 is 2. The van der Waals surface area contributed by atoms with Crippen LogP contribution in [0, 0.1) is 0 Å². The quantitative estimate of drug-likeness (QED) is 0.558. The summed E-state index contributed by atoms with van der Waals surface area (Å²) in [5.74, 6) is 0.697. The highest BCUT2D eigenvalue weighted by Gasteiger charge is 2.26. The van der Waals surface area contributed by atoms with Crippen LogP contribution in [0.2, 0.25) is 0 Å². The fraction of sp³-hybridized carbons (Fsp3) is 0.148. The van der Waals surface area contributed by atoms with Gasteiger partial charge in [-0.25, -0.2) is 0 Å². The van der Waals surface area contributed by atoms with Gasteiger partial charge >= 0.3 is 0 Å². The van der Waals surface area contributed by atoms with Crippen molar-refractivity contribution < 1.29 is 24.5 Å². The number of ether oxygens (including phenoxy) is 2. The van der Waals surface area contributed by atoms with Gasteiger partial charge in [0.25, 0.3) is 0 Å². The van der Waals surface area contributed by atoms with Crippen LogP contribution < -0.4 is 14.4 Å². The Morgan fingerprint density at radius 1 is 0.758 bits per heavy atom. The monoisotopic (exact) mass is 443 g/mol. The Labute approximate surface area is 192 Å². The van der Waals surface area contributed by atoms with Gasteiger partial charge in [-0.05, 0) is 59.7 Å². The number of carbonyl (C=O) groups is 1. The minimum Gasteiger partial charge on any atom is -0.504 e. The van der Waals surface area contributed by atoms with Crippen LogP contribution >= 0.6 is 0 Å². The van der Waals surface area contributed by atoms with E-state index >= 15 is 0 Å². The number of anilines is 1. The van der Waals surface area contributed by atoms with E-state index < -0.39 is 0 Å². The zero-order valence-corrected chi connectivity index (χ0v) is 18.5. The maximum atomic E-state index is 13.4. The van der Waals surface area contributed by atoms with Crippen LogP contribution in [0.1, 0.15) is 11.1 Å². The third-order valence-electron chi connectivity index (χ3n) is 5.51. The largest absolute Gasteiger partial charge is 0.504 e. The number of rotatable bonds is 5. The number of para-hydroxylation sites is 1. The van der Waals surface area contributed by atoms with E-state index in [9.17, 15) is 15.0 Å². The molecule has 6 nitrogen and oxygen atoms in total. The molecule has 3 aromatic rings. The molecule has 6 heteroatoms. The molecule has 1 fully saturated rings. The predicted octanol–water partition coefficient (Wildman–Crippen LogP) is 4.67. The first-order valence-corrected chi connectivity index (χ1v) is 10.5. The van der Waals surface area contributed by atoms with Crippen LogP contribution in [0.4, 0.5) is 5.69 Å². The Balaban J connectivity index is 1.74. The van der Waals surface area contributed by atoms with Crippen LogP contribution in [-0.4, -0.2) is 43.3 Å². The predicted molar refractivity (Wildman–Crippen MR) is 129 cm³/mol. The summed E-state index contributed by atoms with van der Waals surface area (Å²) >= 11 is 0. The highest BCUT2D eigenvalue weighted by molar-refractivity contribution is 6.15. The van der Waals surface area contributed by atoms with Gasteiger partial charge in [0.05, 0.1) is 14.2 Å². The first-order valence-electron chi connectivity index (χ1n) is 10.5. The maximum Gasteiger partial charge on any atom is 0.188 e. The van der Waals surface area contributed by atoms with Gasteiger partial charge in [-0.3, -0.25) is 4.79 Å². The van der Waals surface area contributed by atoms with E-state index in [1.165, 1.54) is 14.2 Å². The molecule has 168 valence electrons. The van der Waals surface area contributed by atoms with E-state index in [1.54, 1.807) is 48.6 Å². The standard InChI is InChI=1S/C27H25NO5/c1-32-25-10-8-18(14-23(25)29)12-20-16-28(22-6-4-3-5-7-22)17-21(27(20)31)13-19-9-11-26(33-2)24(30)15-19/h3-15,29-30H,16-17H2,1-2H3/b20-12+,21-13+. The Bertz CT molecular complexity index is 1160. The molecule has 0 saturated carbocycles. The second kappa shape index (κ2) is 9.53. The number of piperidine rings is 1. The summed E-state index contributed by atoms with van der Waals surface area (Å²) in [6.07, 6.45) is 3.58. The van der Waals surface area contributed by atoms with Crippen molar-refractivity contribution in [2.45, 2.75) is 0 Å². The van der Waals surface area contributed by atoms with E-state index in [4.69, 9.17) is 9.47 Å². The first kappa shape index (κ1) is 22.0. The zero-order chi connectivity index (χ0) is 23.4. The van der Waals surface area contributed by atoms with Gasteiger partial charge in [0.1, 0.15) is 0 Å². The molecule has 1 aliphatic rings.